The van der Waals surface area contributed by atoms with E-state index in [2.05, 4.69) is 4.90 Å². The Morgan fingerprint density at radius 2 is 1.60 bits per heavy atom. The van der Waals surface area contributed by atoms with Crippen LogP contribution in [0.4, 0.5) is 10.1 Å². The van der Waals surface area contributed by atoms with Crippen molar-refractivity contribution in [1.82, 2.24) is 9.80 Å². The van der Waals surface area contributed by atoms with Crippen LogP contribution in [0.15, 0.2) is 42.1 Å². The predicted molar refractivity (Wildman–Crippen MR) is 116 cm³/mol. The minimum absolute atomic E-state index is 0.131. The molecular weight excluding hydrogens is 405 g/mol. The molecule has 7 heteroatoms. The van der Waals surface area contributed by atoms with Gasteiger partial charge in [0.2, 0.25) is 0 Å². The molecule has 2 aliphatic heterocycles. The van der Waals surface area contributed by atoms with E-state index < -0.39 is 17.6 Å². The molecule has 1 saturated heterocycles. The van der Waals surface area contributed by atoms with Gasteiger partial charge in [0.1, 0.15) is 11.5 Å². The van der Waals surface area contributed by atoms with E-state index in [0.717, 1.165) is 29.1 Å². The number of hydrogen-bond acceptors (Lipinski definition) is 4. The van der Waals surface area contributed by atoms with Crippen LogP contribution in [0.1, 0.15) is 16.7 Å². The molecule has 0 aliphatic carbocycles. The lowest BCUT2D eigenvalue weighted by atomic mass is 9.99. The minimum Gasteiger partial charge on any atom is -0.364 e. The van der Waals surface area contributed by atoms with E-state index >= 15 is 0 Å². The first-order valence-corrected chi connectivity index (χ1v) is 10.2. The van der Waals surface area contributed by atoms with E-state index in [9.17, 15) is 14.0 Å². The molecule has 2 amide bonds. The van der Waals surface area contributed by atoms with Crippen LogP contribution in [-0.2, 0) is 9.59 Å². The largest absolute Gasteiger partial charge is 0.364 e. The molecule has 2 heterocycles. The fourth-order valence-corrected chi connectivity index (χ4v) is 4.03. The van der Waals surface area contributed by atoms with Crippen molar-refractivity contribution in [3.63, 3.8) is 0 Å². The lowest BCUT2D eigenvalue weighted by Gasteiger charge is -2.34. The number of hydrogen-bond donors (Lipinski definition) is 0. The van der Waals surface area contributed by atoms with E-state index in [1.807, 2.05) is 44.0 Å². The molecule has 0 saturated carbocycles. The first kappa shape index (κ1) is 20.6. The number of benzene rings is 2. The molecular formula is C23H23ClFN3O2. The standard InChI is InChI=1S/C23H23ClFN3O2/c1-14-4-5-16(12-15(14)2)20-21(27-10-8-26(3)9-11-27)23(30)28(22(20)29)17-6-7-19(25)18(24)13-17/h4-7,12-13H,8-11H2,1-3H3. The summed E-state index contributed by atoms with van der Waals surface area (Å²) in [4.78, 5) is 32.3. The zero-order chi connectivity index (χ0) is 21.6. The molecule has 1 fully saturated rings. The third-order valence-electron chi connectivity index (χ3n) is 5.84. The predicted octanol–water partition coefficient (Wildman–Crippen LogP) is 3.63. The molecule has 4 rings (SSSR count). The van der Waals surface area contributed by atoms with Crippen molar-refractivity contribution in [2.75, 3.05) is 38.1 Å². The minimum atomic E-state index is -0.596. The number of piperazine rings is 1. The second-order valence-electron chi connectivity index (χ2n) is 7.86. The van der Waals surface area contributed by atoms with Crippen molar-refractivity contribution in [1.29, 1.82) is 0 Å². The monoisotopic (exact) mass is 427 g/mol. The molecule has 2 aromatic carbocycles. The van der Waals surface area contributed by atoms with Crippen LogP contribution in [0.25, 0.3) is 5.57 Å². The maximum Gasteiger partial charge on any atom is 0.282 e. The summed E-state index contributed by atoms with van der Waals surface area (Å²) in [6, 6.07) is 9.66. The van der Waals surface area contributed by atoms with Gasteiger partial charge in [-0.1, -0.05) is 29.8 Å². The number of anilines is 1. The van der Waals surface area contributed by atoms with Gasteiger partial charge in [-0.3, -0.25) is 9.59 Å². The van der Waals surface area contributed by atoms with Gasteiger partial charge in [-0.2, -0.15) is 0 Å². The lowest BCUT2D eigenvalue weighted by Crippen LogP contribution is -2.46. The Hall–Kier alpha value is -2.70. The summed E-state index contributed by atoms with van der Waals surface area (Å²) < 4.78 is 13.7. The van der Waals surface area contributed by atoms with Gasteiger partial charge in [-0.15, -0.1) is 0 Å². The van der Waals surface area contributed by atoms with Gasteiger partial charge in [0.15, 0.2) is 0 Å². The Kier molecular flexibility index (Phi) is 5.38. The fourth-order valence-electron chi connectivity index (χ4n) is 3.86. The van der Waals surface area contributed by atoms with Gasteiger partial charge in [-0.05, 0) is 55.8 Å². The first-order valence-electron chi connectivity index (χ1n) is 9.87. The third kappa shape index (κ3) is 3.50. The summed E-state index contributed by atoms with van der Waals surface area (Å²) in [5, 5.41) is -0.131. The maximum absolute atomic E-state index is 13.7. The number of amides is 2. The normalized spacial score (nSPS) is 18.0. The number of aryl methyl sites for hydroxylation is 2. The number of nitrogens with zero attached hydrogens (tertiary/aromatic N) is 3. The molecule has 0 spiro atoms. The van der Waals surface area contributed by atoms with Crippen LogP contribution in [0, 0.1) is 19.7 Å². The number of carbonyl (C=O) groups is 2. The highest BCUT2D eigenvalue weighted by molar-refractivity contribution is 6.45. The lowest BCUT2D eigenvalue weighted by molar-refractivity contribution is -0.120. The van der Waals surface area contributed by atoms with Crippen LogP contribution in [0.5, 0.6) is 0 Å². The van der Waals surface area contributed by atoms with Crippen LogP contribution in [0.3, 0.4) is 0 Å². The molecule has 0 aromatic heterocycles. The van der Waals surface area contributed by atoms with Crippen molar-refractivity contribution in [2.24, 2.45) is 0 Å². The van der Waals surface area contributed by atoms with E-state index in [1.54, 1.807) is 0 Å². The second kappa shape index (κ2) is 7.85. The van der Waals surface area contributed by atoms with Gasteiger partial charge >= 0.3 is 0 Å². The average Bonchev–Trinajstić information content (AvgIpc) is 2.97. The summed E-state index contributed by atoms with van der Waals surface area (Å²) in [6.07, 6.45) is 0. The zero-order valence-corrected chi connectivity index (χ0v) is 18.0. The molecule has 156 valence electrons. The Bertz CT molecular complexity index is 1070. The Labute approximate surface area is 180 Å². The molecule has 0 unspecified atom stereocenters. The molecule has 0 radical (unpaired) electrons. The van der Waals surface area contributed by atoms with E-state index in [-0.39, 0.29) is 10.7 Å². The molecule has 0 atom stereocenters. The van der Waals surface area contributed by atoms with Crippen LogP contribution < -0.4 is 4.90 Å². The molecule has 30 heavy (non-hydrogen) atoms. The molecule has 2 aromatic rings. The van der Waals surface area contributed by atoms with Crippen molar-refractivity contribution >= 4 is 34.7 Å². The first-order chi connectivity index (χ1) is 14.3. The zero-order valence-electron chi connectivity index (χ0n) is 17.2. The molecule has 0 N–H and O–H groups in total. The van der Waals surface area contributed by atoms with E-state index in [0.29, 0.717) is 29.9 Å². The second-order valence-corrected chi connectivity index (χ2v) is 8.26. The van der Waals surface area contributed by atoms with Gasteiger partial charge in [0, 0.05) is 26.2 Å². The fraction of sp³-hybridized carbons (Fsp3) is 0.304. The Balaban J connectivity index is 1.83. The average molecular weight is 428 g/mol. The van der Waals surface area contributed by atoms with E-state index in [4.69, 9.17) is 11.6 Å². The quantitative estimate of drug-likeness (QED) is 0.702. The smallest absolute Gasteiger partial charge is 0.282 e. The summed E-state index contributed by atoms with van der Waals surface area (Å²) >= 11 is 5.93. The van der Waals surface area contributed by atoms with Gasteiger partial charge < -0.3 is 9.80 Å². The number of imide groups is 1. The van der Waals surface area contributed by atoms with Crippen molar-refractivity contribution < 1.29 is 14.0 Å². The molecule has 0 bridgehead atoms. The van der Waals surface area contributed by atoms with Gasteiger partial charge in [0.25, 0.3) is 11.8 Å². The topological polar surface area (TPSA) is 43.9 Å². The summed E-state index contributed by atoms with van der Waals surface area (Å²) in [6.45, 7) is 6.88. The van der Waals surface area contributed by atoms with Crippen LogP contribution in [-0.4, -0.2) is 54.8 Å². The number of halogens is 2. The number of rotatable bonds is 3. The number of carbonyl (C=O) groups excluding carboxylic acids is 2. The summed E-state index contributed by atoms with van der Waals surface area (Å²) in [5.74, 6) is -1.42. The van der Waals surface area contributed by atoms with Crippen LogP contribution in [0.2, 0.25) is 5.02 Å². The summed E-state index contributed by atoms with van der Waals surface area (Å²) in [7, 11) is 2.03. The van der Waals surface area contributed by atoms with Gasteiger partial charge in [-0.25, -0.2) is 9.29 Å². The van der Waals surface area contributed by atoms with Crippen molar-refractivity contribution in [3.8, 4) is 0 Å². The molecule has 2 aliphatic rings. The maximum atomic E-state index is 13.7. The third-order valence-corrected chi connectivity index (χ3v) is 6.13. The SMILES string of the molecule is Cc1ccc(C2=C(N3CCN(C)CC3)C(=O)N(c3ccc(F)c(Cl)c3)C2=O)cc1C. The van der Waals surface area contributed by atoms with Gasteiger partial charge in [0.05, 0.1) is 16.3 Å². The Morgan fingerprint density at radius 3 is 2.23 bits per heavy atom. The Morgan fingerprint density at radius 1 is 0.900 bits per heavy atom. The highest BCUT2D eigenvalue weighted by Gasteiger charge is 2.43. The highest BCUT2D eigenvalue weighted by Crippen LogP contribution is 2.36. The summed E-state index contributed by atoms with van der Waals surface area (Å²) in [5.41, 5.74) is 3.91. The van der Waals surface area contributed by atoms with Crippen molar-refractivity contribution in [2.45, 2.75) is 13.8 Å². The highest BCUT2D eigenvalue weighted by atomic mass is 35.5. The number of likely N-dealkylation sites (N-methyl/N-ethyl adjacent to an activating group) is 1. The molecule has 5 nitrogen and oxygen atoms in total. The van der Waals surface area contributed by atoms with Crippen molar-refractivity contribution in [3.05, 3.63) is 69.6 Å². The van der Waals surface area contributed by atoms with Crippen LogP contribution >= 0.6 is 11.6 Å². The van der Waals surface area contributed by atoms with E-state index in [1.165, 1.54) is 18.2 Å².